The Balaban J connectivity index is 2.47. The lowest BCUT2D eigenvalue weighted by Crippen LogP contribution is -2.31. The largest absolute Gasteiger partial charge is 0.490 e. The zero-order valence-corrected chi connectivity index (χ0v) is 7.80. The summed E-state index contributed by atoms with van der Waals surface area (Å²) in [5, 5.41) is 0. The van der Waals surface area contributed by atoms with Crippen molar-refractivity contribution >= 4 is 5.91 Å². The van der Waals surface area contributed by atoms with Crippen molar-refractivity contribution in [1.29, 1.82) is 0 Å². The first-order chi connectivity index (χ1) is 7.13. The van der Waals surface area contributed by atoms with Gasteiger partial charge in [-0.25, -0.2) is 14.6 Å². The van der Waals surface area contributed by atoms with Crippen molar-refractivity contribution in [3.05, 3.63) is 29.8 Å². The molecule has 0 aromatic heterocycles. The number of amides is 1. The van der Waals surface area contributed by atoms with Crippen LogP contribution in [0.25, 0.3) is 0 Å². The van der Waals surface area contributed by atoms with Crippen LogP contribution in [0.5, 0.6) is 5.75 Å². The molecule has 1 amide bonds. The van der Waals surface area contributed by atoms with Gasteiger partial charge >= 0.3 is 0 Å². The first kappa shape index (κ1) is 11.4. The fourth-order valence-corrected chi connectivity index (χ4v) is 0.918. The SMILES string of the molecule is NNC(=O)CCOc1ccc(F)cc1F. The molecule has 0 saturated heterocycles. The van der Waals surface area contributed by atoms with Gasteiger partial charge in [-0.3, -0.25) is 10.2 Å². The van der Waals surface area contributed by atoms with Crippen molar-refractivity contribution in [2.45, 2.75) is 6.42 Å². The third kappa shape index (κ3) is 3.51. The summed E-state index contributed by atoms with van der Waals surface area (Å²) < 4.78 is 30.3. The molecule has 0 fully saturated rings. The standard InChI is InChI=1S/C9H10F2N2O2/c10-6-1-2-8(7(11)5-6)15-4-3-9(14)13-12/h1-2,5H,3-4,12H2,(H,13,14). The van der Waals surface area contributed by atoms with Crippen LogP contribution in [0.3, 0.4) is 0 Å². The van der Waals surface area contributed by atoms with Crippen LogP contribution in [-0.2, 0) is 4.79 Å². The van der Waals surface area contributed by atoms with E-state index < -0.39 is 17.5 Å². The van der Waals surface area contributed by atoms with Gasteiger partial charge in [0.1, 0.15) is 5.82 Å². The van der Waals surface area contributed by atoms with Crippen LogP contribution in [-0.4, -0.2) is 12.5 Å². The zero-order valence-electron chi connectivity index (χ0n) is 7.80. The summed E-state index contributed by atoms with van der Waals surface area (Å²) in [6.45, 7) is -0.0222. The highest BCUT2D eigenvalue weighted by Gasteiger charge is 2.05. The van der Waals surface area contributed by atoms with Crippen LogP contribution in [0.1, 0.15) is 6.42 Å². The number of benzene rings is 1. The average Bonchev–Trinajstić information content (AvgIpc) is 2.21. The zero-order chi connectivity index (χ0) is 11.3. The molecule has 0 aliphatic rings. The maximum Gasteiger partial charge on any atom is 0.237 e. The summed E-state index contributed by atoms with van der Waals surface area (Å²) in [4.78, 5) is 10.7. The third-order valence-electron chi connectivity index (χ3n) is 1.64. The number of nitrogens with one attached hydrogen (secondary N) is 1. The van der Waals surface area contributed by atoms with Gasteiger partial charge in [0.25, 0.3) is 0 Å². The lowest BCUT2D eigenvalue weighted by molar-refractivity contribution is -0.121. The summed E-state index contributed by atoms with van der Waals surface area (Å²) in [6.07, 6.45) is 0.00726. The van der Waals surface area contributed by atoms with Gasteiger partial charge in [0, 0.05) is 6.07 Å². The molecule has 1 aromatic carbocycles. The molecule has 0 bridgehead atoms. The molecule has 0 saturated carbocycles. The van der Waals surface area contributed by atoms with E-state index in [4.69, 9.17) is 10.6 Å². The highest BCUT2D eigenvalue weighted by molar-refractivity contribution is 5.75. The summed E-state index contributed by atoms with van der Waals surface area (Å²) in [7, 11) is 0. The summed E-state index contributed by atoms with van der Waals surface area (Å²) in [5.74, 6) is 2.82. The molecule has 0 aliphatic heterocycles. The summed E-state index contributed by atoms with van der Waals surface area (Å²) in [6, 6.07) is 2.94. The van der Waals surface area contributed by atoms with Crippen molar-refractivity contribution in [3.63, 3.8) is 0 Å². The van der Waals surface area contributed by atoms with Crippen LogP contribution in [0.15, 0.2) is 18.2 Å². The van der Waals surface area contributed by atoms with Gasteiger partial charge < -0.3 is 4.74 Å². The fourth-order valence-electron chi connectivity index (χ4n) is 0.918. The van der Waals surface area contributed by atoms with E-state index in [1.807, 2.05) is 5.43 Å². The van der Waals surface area contributed by atoms with Crippen LogP contribution in [0.2, 0.25) is 0 Å². The molecule has 1 aromatic rings. The fraction of sp³-hybridized carbons (Fsp3) is 0.222. The number of rotatable bonds is 4. The number of carbonyl (C=O) groups excluding carboxylic acids is 1. The smallest absolute Gasteiger partial charge is 0.237 e. The molecule has 0 atom stereocenters. The molecular formula is C9H10F2N2O2. The number of hydrazine groups is 1. The van der Waals surface area contributed by atoms with Crippen LogP contribution < -0.4 is 16.0 Å². The normalized spacial score (nSPS) is 9.80. The first-order valence-corrected chi connectivity index (χ1v) is 4.21. The minimum Gasteiger partial charge on any atom is -0.490 e. The highest BCUT2D eigenvalue weighted by Crippen LogP contribution is 2.17. The highest BCUT2D eigenvalue weighted by atomic mass is 19.1. The van der Waals surface area contributed by atoms with E-state index in [1.54, 1.807) is 0 Å². The predicted molar refractivity (Wildman–Crippen MR) is 48.8 cm³/mol. The maximum atomic E-state index is 13.0. The molecule has 0 radical (unpaired) electrons. The second-order valence-corrected chi connectivity index (χ2v) is 2.74. The lowest BCUT2D eigenvalue weighted by atomic mass is 10.3. The Morgan fingerprint density at radius 3 is 2.80 bits per heavy atom. The van der Waals surface area contributed by atoms with E-state index in [2.05, 4.69) is 0 Å². The average molecular weight is 216 g/mol. The van der Waals surface area contributed by atoms with E-state index >= 15 is 0 Å². The quantitative estimate of drug-likeness (QED) is 0.443. The minimum absolute atomic E-state index is 0.00726. The Morgan fingerprint density at radius 2 is 2.20 bits per heavy atom. The molecule has 82 valence electrons. The molecule has 4 nitrogen and oxygen atoms in total. The Bertz CT molecular complexity index is 358. The molecule has 6 heteroatoms. The predicted octanol–water partition coefficient (Wildman–Crippen LogP) is 0.724. The van der Waals surface area contributed by atoms with E-state index in [0.717, 1.165) is 12.1 Å². The number of carbonyl (C=O) groups is 1. The molecular weight excluding hydrogens is 206 g/mol. The molecule has 0 spiro atoms. The van der Waals surface area contributed by atoms with Crippen LogP contribution >= 0.6 is 0 Å². The van der Waals surface area contributed by atoms with Gasteiger partial charge in [-0.2, -0.15) is 0 Å². The summed E-state index contributed by atoms with van der Waals surface area (Å²) >= 11 is 0. The molecule has 15 heavy (non-hydrogen) atoms. The van der Waals surface area contributed by atoms with E-state index in [1.165, 1.54) is 0 Å². The number of hydrogen-bond acceptors (Lipinski definition) is 3. The Kier molecular flexibility index (Phi) is 3.99. The number of ether oxygens (including phenoxy) is 1. The van der Waals surface area contributed by atoms with Crippen molar-refractivity contribution in [3.8, 4) is 5.75 Å². The molecule has 3 N–H and O–H groups in total. The van der Waals surface area contributed by atoms with E-state index in [0.29, 0.717) is 6.07 Å². The molecule has 1 rings (SSSR count). The van der Waals surface area contributed by atoms with Crippen molar-refractivity contribution in [1.82, 2.24) is 5.43 Å². The van der Waals surface area contributed by atoms with Gasteiger partial charge in [-0.05, 0) is 12.1 Å². The lowest BCUT2D eigenvalue weighted by Gasteiger charge is -2.06. The summed E-state index contributed by atoms with van der Waals surface area (Å²) in [5.41, 5.74) is 1.90. The molecule has 0 unspecified atom stereocenters. The van der Waals surface area contributed by atoms with Crippen LogP contribution in [0, 0.1) is 11.6 Å². The topological polar surface area (TPSA) is 64.3 Å². The number of hydrogen-bond donors (Lipinski definition) is 2. The molecule has 0 aliphatic carbocycles. The first-order valence-electron chi connectivity index (χ1n) is 4.21. The van der Waals surface area contributed by atoms with E-state index in [9.17, 15) is 13.6 Å². The second kappa shape index (κ2) is 5.26. The van der Waals surface area contributed by atoms with Crippen molar-refractivity contribution in [2.75, 3.05) is 6.61 Å². The Morgan fingerprint density at radius 1 is 1.47 bits per heavy atom. The van der Waals surface area contributed by atoms with E-state index in [-0.39, 0.29) is 18.8 Å². The Labute approximate surface area is 85.0 Å². The van der Waals surface area contributed by atoms with Crippen LogP contribution in [0.4, 0.5) is 8.78 Å². The van der Waals surface area contributed by atoms with Crippen molar-refractivity contribution < 1.29 is 18.3 Å². The monoisotopic (exact) mass is 216 g/mol. The maximum absolute atomic E-state index is 13.0. The number of halogens is 2. The van der Waals surface area contributed by atoms with Gasteiger partial charge in [-0.15, -0.1) is 0 Å². The van der Waals surface area contributed by atoms with Crippen molar-refractivity contribution in [2.24, 2.45) is 5.84 Å². The van der Waals surface area contributed by atoms with Gasteiger partial charge in [0.05, 0.1) is 13.0 Å². The van der Waals surface area contributed by atoms with Gasteiger partial charge in [-0.1, -0.05) is 0 Å². The molecule has 0 heterocycles. The van der Waals surface area contributed by atoms with Gasteiger partial charge in [0.2, 0.25) is 5.91 Å². The third-order valence-corrected chi connectivity index (χ3v) is 1.64. The second-order valence-electron chi connectivity index (χ2n) is 2.74. The minimum atomic E-state index is -0.803. The van der Waals surface area contributed by atoms with Gasteiger partial charge in [0.15, 0.2) is 11.6 Å². The number of nitrogens with two attached hydrogens (primary N) is 1. The Hall–Kier alpha value is -1.69.